The first-order chi connectivity index (χ1) is 5.07. The Morgan fingerprint density at radius 3 is 2.27 bits per heavy atom. The second-order valence-corrected chi connectivity index (χ2v) is 3.07. The summed E-state index contributed by atoms with van der Waals surface area (Å²) in [5, 5.41) is 9.07. The van der Waals surface area contributed by atoms with Gasteiger partial charge in [0.2, 0.25) is 0 Å². The first-order valence-electron chi connectivity index (χ1n) is 3.95. The van der Waals surface area contributed by atoms with Crippen LogP contribution in [0.4, 0.5) is 0 Å². The Hall–Kier alpha value is -0.340. The minimum atomic E-state index is -0.373. The summed E-state index contributed by atoms with van der Waals surface area (Å²) in [7, 11) is 1.66. The zero-order valence-electron chi connectivity index (χ0n) is 7.79. The van der Waals surface area contributed by atoms with Crippen LogP contribution in [0.25, 0.3) is 0 Å². The minimum absolute atomic E-state index is 0.373. The zero-order valence-corrected chi connectivity index (χ0v) is 7.79. The molecule has 0 radical (unpaired) electrons. The van der Waals surface area contributed by atoms with E-state index in [2.05, 4.69) is 13.8 Å². The maximum atomic E-state index is 9.07. The van der Waals surface area contributed by atoms with Crippen LogP contribution < -0.4 is 0 Å². The van der Waals surface area contributed by atoms with Gasteiger partial charge in [-0.05, 0) is 18.4 Å². The first kappa shape index (κ1) is 10.7. The van der Waals surface area contributed by atoms with Gasteiger partial charge in [0.15, 0.2) is 0 Å². The van der Waals surface area contributed by atoms with Crippen LogP contribution in [0.1, 0.15) is 20.8 Å². The molecule has 2 nitrogen and oxygen atoms in total. The molecule has 2 heteroatoms. The van der Waals surface area contributed by atoms with Crippen molar-refractivity contribution in [1.82, 2.24) is 0 Å². The molecule has 0 aromatic carbocycles. The Morgan fingerprint density at radius 1 is 1.45 bits per heavy atom. The molecule has 0 bridgehead atoms. The fourth-order valence-electron chi connectivity index (χ4n) is 0.884. The Morgan fingerprint density at radius 2 is 2.00 bits per heavy atom. The standard InChI is InChI=1S/C9H18O2/c1-7(2)9(6-11-4)5-8(3)10/h5,7-8,10H,6H2,1-4H3. The third kappa shape index (κ3) is 4.99. The summed E-state index contributed by atoms with van der Waals surface area (Å²) in [4.78, 5) is 0. The Balaban J connectivity index is 4.08. The van der Waals surface area contributed by atoms with E-state index in [-0.39, 0.29) is 6.10 Å². The average molecular weight is 158 g/mol. The maximum absolute atomic E-state index is 9.07. The van der Waals surface area contributed by atoms with Crippen LogP contribution in [0, 0.1) is 5.92 Å². The molecule has 0 heterocycles. The van der Waals surface area contributed by atoms with Crippen molar-refractivity contribution in [2.24, 2.45) is 5.92 Å². The van der Waals surface area contributed by atoms with Gasteiger partial charge >= 0.3 is 0 Å². The van der Waals surface area contributed by atoms with Gasteiger partial charge in [0.05, 0.1) is 12.7 Å². The summed E-state index contributed by atoms with van der Waals surface area (Å²) in [6.07, 6.45) is 1.47. The van der Waals surface area contributed by atoms with Gasteiger partial charge in [-0.3, -0.25) is 0 Å². The number of aliphatic hydroxyl groups excluding tert-OH is 1. The van der Waals surface area contributed by atoms with Gasteiger partial charge in [-0.2, -0.15) is 0 Å². The SMILES string of the molecule is COCC(=CC(C)O)C(C)C. The van der Waals surface area contributed by atoms with Gasteiger partial charge in [-0.25, -0.2) is 0 Å². The average Bonchev–Trinajstić information content (AvgIpc) is 1.86. The molecular weight excluding hydrogens is 140 g/mol. The highest BCUT2D eigenvalue weighted by Crippen LogP contribution is 2.10. The summed E-state index contributed by atoms with van der Waals surface area (Å²) in [6, 6.07) is 0. The van der Waals surface area contributed by atoms with E-state index in [0.717, 1.165) is 5.57 Å². The van der Waals surface area contributed by atoms with Crippen molar-refractivity contribution in [2.75, 3.05) is 13.7 Å². The lowest BCUT2D eigenvalue weighted by atomic mass is 10.0. The van der Waals surface area contributed by atoms with Crippen LogP contribution in [-0.4, -0.2) is 24.9 Å². The van der Waals surface area contributed by atoms with E-state index in [1.165, 1.54) is 0 Å². The fraction of sp³-hybridized carbons (Fsp3) is 0.778. The van der Waals surface area contributed by atoms with Crippen LogP contribution in [0.15, 0.2) is 11.6 Å². The van der Waals surface area contributed by atoms with Crippen LogP contribution in [-0.2, 0) is 4.74 Å². The van der Waals surface area contributed by atoms with Gasteiger partial charge in [-0.15, -0.1) is 0 Å². The highest BCUT2D eigenvalue weighted by atomic mass is 16.5. The highest BCUT2D eigenvalue weighted by molar-refractivity contribution is 5.07. The lowest BCUT2D eigenvalue weighted by Gasteiger charge is -2.11. The quantitative estimate of drug-likeness (QED) is 0.630. The number of aliphatic hydroxyl groups is 1. The largest absolute Gasteiger partial charge is 0.389 e. The second kappa shape index (κ2) is 5.33. The van der Waals surface area contributed by atoms with Gasteiger partial charge < -0.3 is 9.84 Å². The predicted octanol–water partition coefficient (Wildman–Crippen LogP) is 1.60. The van der Waals surface area contributed by atoms with Gasteiger partial charge in [0.1, 0.15) is 0 Å². The molecule has 0 saturated heterocycles. The molecule has 0 amide bonds. The number of ether oxygens (including phenoxy) is 1. The van der Waals surface area contributed by atoms with Crippen LogP contribution in [0.3, 0.4) is 0 Å². The molecule has 0 aliphatic heterocycles. The lowest BCUT2D eigenvalue weighted by Crippen LogP contribution is -2.06. The Labute approximate surface area is 68.9 Å². The van der Waals surface area contributed by atoms with Crippen LogP contribution >= 0.6 is 0 Å². The molecule has 1 atom stereocenters. The summed E-state index contributed by atoms with van der Waals surface area (Å²) in [5.74, 6) is 0.449. The Kier molecular flexibility index (Phi) is 5.16. The highest BCUT2D eigenvalue weighted by Gasteiger charge is 2.03. The van der Waals surface area contributed by atoms with Crippen molar-refractivity contribution in [3.8, 4) is 0 Å². The van der Waals surface area contributed by atoms with E-state index < -0.39 is 0 Å². The second-order valence-electron chi connectivity index (χ2n) is 3.07. The molecule has 0 aliphatic carbocycles. The van der Waals surface area contributed by atoms with Gasteiger partial charge in [0, 0.05) is 7.11 Å². The molecule has 0 aliphatic rings. The van der Waals surface area contributed by atoms with Gasteiger partial charge in [-0.1, -0.05) is 19.9 Å². The molecule has 0 spiro atoms. The number of methoxy groups -OCH3 is 1. The number of rotatable bonds is 4. The maximum Gasteiger partial charge on any atom is 0.0696 e. The molecule has 0 saturated carbocycles. The molecule has 1 N–H and O–H groups in total. The molecular formula is C9H18O2. The summed E-state index contributed by atoms with van der Waals surface area (Å²) >= 11 is 0. The third-order valence-corrected chi connectivity index (χ3v) is 1.51. The molecule has 0 fully saturated rings. The van der Waals surface area contributed by atoms with Crippen molar-refractivity contribution in [2.45, 2.75) is 26.9 Å². The first-order valence-corrected chi connectivity index (χ1v) is 3.95. The minimum Gasteiger partial charge on any atom is -0.389 e. The van der Waals surface area contributed by atoms with E-state index in [1.54, 1.807) is 14.0 Å². The van der Waals surface area contributed by atoms with Crippen molar-refractivity contribution in [1.29, 1.82) is 0 Å². The molecule has 1 unspecified atom stereocenters. The monoisotopic (exact) mass is 158 g/mol. The van der Waals surface area contributed by atoms with Crippen molar-refractivity contribution in [3.63, 3.8) is 0 Å². The summed E-state index contributed by atoms with van der Waals surface area (Å²) in [5.41, 5.74) is 1.16. The predicted molar refractivity (Wildman–Crippen MR) is 46.5 cm³/mol. The van der Waals surface area contributed by atoms with E-state index in [1.807, 2.05) is 6.08 Å². The van der Waals surface area contributed by atoms with Gasteiger partial charge in [0.25, 0.3) is 0 Å². The summed E-state index contributed by atoms with van der Waals surface area (Å²) < 4.78 is 4.99. The fourth-order valence-corrected chi connectivity index (χ4v) is 0.884. The van der Waals surface area contributed by atoms with Crippen molar-refractivity contribution < 1.29 is 9.84 Å². The lowest BCUT2D eigenvalue weighted by molar-refractivity contribution is 0.210. The van der Waals surface area contributed by atoms with E-state index in [9.17, 15) is 0 Å². The topological polar surface area (TPSA) is 29.5 Å². The molecule has 0 aromatic heterocycles. The molecule has 66 valence electrons. The molecule has 11 heavy (non-hydrogen) atoms. The smallest absolute Gasteiger partial charge is 0.0696 e. The zero-order chi connectivity index (χ0) is 8.85. The normalized spacial score (nSPS) is 15.6. The van der Waals surface area contributed by atoms with E-state index >= 15 is 0 Å². The number of hydrogen-bond acceptors (Lipinski definition) is 2. The Bertz CT molecular complexity index is 126. The van der Waals surface area contributed by atoms with E-state index in [4.69, 9.17) is 9.84 Å². The molecule has 0 rings (SSSR count). The van der Waals surface area contributed by atoms with E-state index in [0.29, 0.717) is 12.5 Å². The van der Waals surface area contributed by atoms with Crippen LogP contribution in [0.2, 0.25) is 0 Å². The molecule has 0 aromatic rings. The third-order valence-electron chi connectivity index (χ3n) is 1.51. The van der Waals surface area contributed by atoms with Crippen molar-refractivity contribution in [3.05, 3.63) is 11.6 Å². The summed E-state index contributed by atoms with van der Waals surface area (Å²) in [6.45, 7) is 6.54. The number of hydrogen-bond donors (Lipinski definition) is 1. The van der Waals surface area contributed by atoms with Crippen LogP contribution in [0.5, 0.6) is 0 Å². The van der Waals surface area contributed by atoms with Crippen molar-refractivity contribution >= 4 is 0 Å².